The molecule has 0 spiro atoms. The number of carbonyl (C=O) groups excluding carboxylic acids is 2. The van der Waals surface area contributed by atoms with Crippen LogP contribution in [0, 0.1) is 11.7 Å². The fourth-order valence-corrected chi connectivity index (χ4v) is 5.14. The summed E-state index contributed by atoms with van der Waals surface area (Å²) in [7, 11) is 0. The molecule has 0 bridgehead atoms. The number of alkyl halides is 3. The second kappa shape index (κ2) is 18.3. The van der Waals surface area contributed by atoms with Crippen molar-refractivity contribution in [3.05, 3.63) is 35.1 Å². The lowest BCUT2D eigenvalue weighted by Crippen LogP contribution is -2.40. The second-order valence-electron chi connectivity index (χ2n) is 10.9. The van der Waals surface area contributed by atoms with E-state index in [0.717, 1.165) is 25.3 Å². The third-order valence-electron chi connectivity index (χ3n) is 7.63. The van der Waals surface area contributed by atoms with Crippen molar-refractivity contribution < 1.29 is 31.9 Å². The maximum atomic E-state index is 13.8. The quantitative estimate of drug-likeness (QED) is 0.103. The third kappa shape index (κ3) is 12.7. The smallest absolute Gasteiger partial charge is 0.419 e. The van der Waals surface area contributed by atoms with Crippen LogP contribution in [0.3, 0.4) is 0 Å². The molecule has 1 aromatic rings. The average molecular weight is 558 g/mol. The standard InChI is InChI=1S/C31H47F4NO3/c1-2-3-4-5-6-7-8-9-10-11-12-13-14-15-16-23-39-30(38)25-19-21-36(22-20-25)29(37)26-17-18-27(28(32)24-26)31(33,34)35/h17-18,24-25H,2-16,19-23H2,1H3. The van der Waals surface area contributed by atoms with Gasteiger partial charge in [0.15, 0.2) is 0 Å². The van der Waals surface area contributed by atoms with Gasteiger partial charge in [0, 0.05) is 18.7 Å². The third-order valence-corrected chi connectivity index (χ3v) is 7.63. The Kier molecular flexibility index (Phi) is 15.5. The molecule has 1 fully saturated rings. The Balaban J connectivity index is 1.48. The predicted octanol–water partition coefficient (Wildman–Crippen LogP) is 9.11. The van der Waals surface area contributed by atoms with Gasteiger partial charge in [-0.1, -0.05) is 96.8 Å². The number of nitrogens with zero attached hydrogens (tertiary/aromatic N) is 1. The monoisotopic (exact) mass is 557 g/mol. The molecule has 1 saturated heterocycles. The van der Waals surface area contributed by atoms with Gasteiger partial charge in [0.25, 0.3) is 5.91 Å². The molecule has 222 valence electrons. The number of benzene rings is 1. The van der Waals surface area contributed by atoms with Crippen LogP contribution in [-0.2, 0) is 15.7 Å². The van der Waals surface area contributed by atoms with Crippen LogP contribution in [0.4, 0.5) is 17.6 Å². The number of halogens is 4. The number of unbranched alkanes of at least 4 members (excludes halogenated alkanes) is 14. The van der Waals surface area contributed by atoms with E-state index >= 15 is 0 Å². The van der Waals surface area contributed by atoms with E-state index in [1.54, 1.807) is 0 Å². The number of ether oxygens (including phenoxy) is 1. The van der Waals surface area contributed by atoms with Crippen molar-refractivity contribution in [2.24, 2.45) is 5.92 Å². The molecule has 39 heavy (non-hydrogen) atoms. The molecular formula is C31H47F4NO3. The van der Waals surface area contributed by atoms with Crippen molar-refractivity contribution in [1.29, 1.82) is 0 Å². The Hall–Kier alpha value is -2.12. The van der Waals surface area contributed by atoms with Crippen LogP contribution >= 0.6 is 0 Å². The van der Waals surface area contributed by atoms with Gasteiger partial charge >= 0.3 is 12.1 Å². The summed E-state index contributed by atoms with van der Waals surface area (Å²) in [5.74, 6) is -2.55. The fraction of sp³-hybridized carbons (Fsp3) is 0.742. The first-order valence-corrected chi connectivity index (χ1v) is 15.1. The first-order chi connectivity index (χ1) is 18.7. The number of amides is 1. The molecule has 0 unspecified atom stereocenters. The highest BCUT2D eigenvalue weighted by molar-refractivity contribution is 5.94. The van der Waals surface area contributed by atoms with Gasteiger partial charge in [-0.05, 0) is 37.5 Å². The van der Waals surface area contributed by atoms with Crippen LogP contribution in [0.2, 0.25) is 0 Å². The number of carbonyl (C=O) groups is 2. The lowest BCUT2D eigenvalue weighted by Gasteiger charge is -2.31. The molecule has 0 aliphatic carbocycles. The van der Waals surface area contributed by atoms with Crippen LogP contribution in [0.25, 0.3) is 0 Å². The van der Waals surface area contributed by atoms with E-state index in [9.17, 15) is 27.2 Å². The van der Waals surface area contributed by atoms with Crippen molar-refractivity contribution in [3.8, 4) is 0 Å². The molecule has 8 heteroatoms. The minimum absolute atomic E-state index is 0.130. The van der Waals surface area contributed by atoms with E-state index in [4.69, 9.17) is 4.74 Å². The molecule has 1 aliphatic heterocycles. The van der Waals surface area contributed by atoms with Gasteiger partial charge < -0.3 is 9.64 Å². The molecular weight excluding hydrogens is 510 g/mol. The minimum Gasteiger partial charge on any atom is -0.465 e. The summed E-state index contributed by atoms with van der Waals surface area (Å²) in [5.41, 5.74) is -1.52. The van der Waals surface area contributed by atoms with Gasteiger partial charge in [0.2, 0.25) is 0 Å². The van der Waals surface area contributed by atoms with Gasteiger partial charge in [-0.3, -0.25) is 9.59 Å². The first-order valence-electron chi connectivity index (χ1n) is 15.1. The number of hydrogen-bond donors (Lipinski definition) is 0. The average Bonchev–Trinajstić information content (AvgIpc) is 2.91. The summed E-state index contributed by atoms with van der Waals surface area (Å²) < 4.78 is 57.5. The number of hydrogen-bond acceptors (Lipinski definition) is 3. The van der Waals surface area contributed by atoms with Gasteiger partial charge in [0.05, 0.1) is 18.1 Å². The summed E-state index contributed by atoms with van der Waals surface area (Å²) in [4.78, 5) is 26.4. The summed E-state index contributed by atoms with van der Waals surface area (Å²) >= 11 is 0. The SMILES string of the molecule is CCCCCCCCCCCCCCCCCOC(=O)C1CCN(C(=O)c2ccc(C(F)(F)F)c(F)c2)CC1. The Morgan fingerprint density at radius 2 is 1.31 bits per heavy atom. The summed E-state index contributed by atoms with van der Waals surface area (Å²) in [6.07, 6.45) is 15.2. The zero-order valence-corrected chi connectivity index (χ0v) is 23.6. The first kappa shape index (κ1) is 33.1. The molecule has 1 aliphatic rings. The molecule has 4 nitrogen and oxygen atoms in total. The minimum atomic E-state index is -4.81. The summed E-state index contributed by atoms with van der Waals surface area (Å²) in [6.45, 7) is 3.21. The maximum Gasteiger partial charge on any atom is 0.419 e. The van der Waals surface area contributed by atoms with Crippen molar-refractivity contribution >= 4 is 11.9 Å². The van der Waals surface area contributed by atoms with Crippen LogP contribution < -0.4 is 0 Å². The Morgan fingerprint density at radius 1 is 0.821 bits per heavy atom. The van der Waals surface area contributed by atoms with Gasteiger partial charge in [-0.25, -0.2) is 4.39 Å². The van der Waals surface area contributed by atoms with E-state index < -0.39 is 23.5 Å². The topological polar surface area (TPSA) is 46.6 Å². The van der Waals surface area contributed by atoms with Crippen LogP contribution in [0.15, 0.2) is 18.2 Å². The Bertz CT molecular complexity index is 851. The van der Waals surface area contributed by atoms with Crippen LogP contribution in [0.5, 0.6) is 0 Å². The Morgan fingerprint density at radius 3 is 1.77 bits per heavy atom. The molecule has 0 N–H and O–H groups in total. The van der Waals surface area contributed by atoms with E-state index in [1.807, 2.05) is 0 Å². The van der Waals surface area contributed by atoms with Gasteiger partial charge in [-0.15, -0.1) is 0 Å². The highest BCUT2D eigenvalue weighted by atomic mass is 19.4. The number of likely N-dealkylation sites (tertiary alicyclic amines) is 1. The van der Waals surface area contributed by atoms with Gasteiger partial charge in [0.1, 0.15) is 5.82 Å². The van der Waals surface area contributed by atoms with Crippen LogP contribution in [0.1, 0.15) is 132 Å². The van der Waals surface area contributed by atoms with E-state index in [0.29, 0.717) is 31.6 Å². The van der Waals surface area contributed by atoms with Gasteiger partial charge in [-0.2, -0.15) is 13.2 Å². The highest BCUT2D eigenvalue weighted by Gasteiger charge is 2.35. The van der Waals surface area contributed by atoms with Crippen molar-refractivity contribution in [3.63, 3.8) is 0 Å². The summed E-state index contributed by atoms with van der Waals surface area (Å²) in [6, 6.07) is 2.21. The largest absolute Gasteiger partial charge is 0.465 e. The molecule has 1 heterocycles. The molecule has 0 aromatic heterocycles. The van der Waals surface area contributed by atoms with Crippen molar-refractivity contribution in [2.45, 2.75) is 122 Å². The molecule has 0 radical (unpaired) electrons. The fourth-order valence-electron chi connectivity index (χ4n) is 5.14. The molecule has 2 rings (SSSR count). The zero-order valence-electron chi connectivity index (χ0n) is 23.6. The molecule has 0 saturated carbocycles. The molecule has 1 amide bonds. The van der Waals surface area contributed by atoms with E-state index in [2.05, 4.69) is 6.92 Å². The second-order valence-corrected chi connectivity index (χ2v) is 10.9. The zero-order chi connectivity index (χ0) is 28.5. The maximum absolute atomic E-state index is 13.8. The number of rotatable bonds is 18. The van der Waals surface area contributed by atoms with Crippen molar-refractivity contribution in [2.75, 3.05) is 19.7 Å². The van der Waals surface area contributed by atoms with E-state index in [1.165, 1.54) is 81.9 Å². The lowest BCUT2D eigenvalue weighted by molar-refractivity contribution is -0.150. The lowest BCUT2D eigenvalue weighted by atomic mass is 9.96. The highest BCUT2D eigenvalue weighted by Crippen LogP contribution is 2.32. The van der Waals surface area contributed by atoms with Crippen LogP contribution in [-0.4, -0.2) is 36.5 Å². The number of piperidine rings is 1. The predicted molar refractivity (Wildman–Crippen MR) is 146 cm³/mol. The van der Waals surface area contributed by atoms with E-state index in [-0.39, 0.29) is 30.5 Å². The number of esters is 1. The summed E-state index contributed by atoms with van der Waals surface area (Å²) in [5, 5.41) is 0. The molecule has 0 atom stereocenters. The van der Waals surface area contributed by atoms with Crippen molar-refractivity contribution in [1.82, 2.24) is 4.90 Å². The Labute approximate surface area is 231 Å². The normalized spacial score (nSPS) is 14.5. The molecule has 1 aromatic carbocycles.